The summed E-state index contributed by atoms with van der Waals surface area (Å²) in [6, 6.07) is 7.41. The van der Waals surface area contributed by atoms with Crippen LogP contribution < -0.4 is 10.1 Å². The van der Waals surface area contributed by atoms with Crippen molar-refractivity contribution in [3.05, 3.63) is 29.8 Å². The number of carbonyl (C=O) groups is 1. The van der Waals surface area contributed by atoms with Crippen LogP contribution in [0.4, 0.5) is 0 Å². The van der Waals surface area contributed by atoms with Gasteiger partial charge in [-0.1, -0.05) is 19.9 Å². The first-order valence-electron chi connectivity index (χ1n) is 9.00. The molecule has 24 heavy (non-hydrogen) atoms. The molecule has 1 fully saturated rings. The fourth-order valence-corrected chi connectivity index (χ4v) is 2.85. The van der Waals surface area contributed by atoms with Gasteiger partial charge in [-0.2, -0.15) is 0 Å². The topological polar surface area (TPSA) is 44.8 Å². The van der Waals surface area contributed by atoms with Gasteiger partial charge in [0.1, 0.15) is 5.75 Å². The van der Waals surface area contributed by atoms with Crippen molar-refractivity contribution in [2.75, 3.05) is 52.9 Å². The van der Waals surface area contributed by atoms with E-state index in [1.54, 1.807) is 0 Å². The van der Waals surface area contributed by atoms with Crippen molar-refractivity contribution in [2.24, 2.45) is 5.92 Å². The van der Waals surface area contributed by atoms with Crippen molar-refractivity contribution in [1.29, 1.82) is 0 Å². The van der Waals surface area contributed by atoms with Crippen LogP contribution in [0.5, 0.6) is 5.75 Å². The van der Waals surface area contributed by atoms with Crippen molar-refractivity contribution in [3.8, 4) is 5.75 Å². The van der Waals surface area contributed by atoms with E-state index >= 15 is 0 Å². The molecule has 1 unspecified atom stereocenters. The Bertz CT molecular complexity index is 513. The third kappa shape index (κ3) is 6.13. The zero-order valence-electron chi connectivity index (χ0n) is 15.3. The molecule has 2 rings (SSSR count). The normalized spacial score (nSPS) is 17.5. The highest BCUT2D eigenvalue weighted by molar-refractivity contribution is 5.94. The molecule has 0 bridgehead atoms. The molecule has 1 amide bonds. The van der Waals surface area contributed by atoms with E-state index in [2.05, 4.69) is 36.0 Å². The van der Waals surface area contributed by atoms with Crippen LogP contribution in [0.25, 0.3) is 0 Å². The third-order valence-corrected chi connectivity index (χ3v) is 4.35. The van der Waals surface area contributed by atoms with Gasteiger partial charge in [-0.15, -0.1) is 0 Å². The molecule has 5 heteroatoms. The molecule has 1 aromatic rings. The fraction of sp³-hybridized carbons (Fsp3) is 0.632. The number of ether oxygens (including phenoxy) is 1. The summed E-state index contributed by atoms with van der Waals surface area (Å²) in [5.41, 5.74) is 0.662. The number of piperazine rings is 1. The Labute approximate surface area is 146 Å². The summed E-state index contributed by atoms with van der Waals surface area (Å²) in [6.45, 7) is 11.2. The molecule has 0 spiro atoms. The number of nitrogens with one attached hydrogen (secondary N) is 1. The number of likely N-dealkylation sites (N-methyl/N-ethyl adjacent to an activating group) is 1. The Morgan fingerprint density at radius 1 is 1.29 bits per heavy atom. The van der Waals surface area contributed by atoms with Gasteiger partial charge in [0.05, 0.1) is 6.61 Å². The summed E-state index contributed by atoms with van der Waals surface area (Å²) >= 11 is 0. The number of amides is 1. The summed E-state index contributed by atoms with van der Waals surface area (Å²) in [7, 11) is 2.17. The molecular weight excluding hydrogens is 302 g/mol. The molecule has 1 aliphatic rings. The maximum absolute atomic E-state index is 12.3. The van der Waals surface area contributed by atoms with Gasteiger partial charge in [0, 0.05) is 44.8 Å². The maximum atomic E-state index is 12.3. The van der Waals surface area contributed by atoms with E-state index < -0.39 is 0 Å². The third-order valence-electron chi connectivity index (χ3n) is 4.35. The average molecular weight is 333 g/mol. The van der Waals surface area contributed by atoms with Crippen LogP contribution >= 0.6 is 0 Å². The van der Waals surface area contributed by atoms with Crippen LogP contribution in [-0.2, 0) is 0 Å². The standard InChI is InChI=1S/C19H31N3O2/c1-4-12-24-18-7-5-6-17(13-18)19(23)20-14-16(2)15-22-10-8-21(3)9-11-22/h5-7,13,16H,4,8-12,14-15H2,1-3H3,(H,20,23). The van der Waals surface area contributed by atoms with Gasteiger partial charge in [0.15, 0.2) is 0 Å². The van der Waals surface area contributed by atoms with Crippen LogP contribution in [0.1, 0.15) is 30.6 Å². The zero-order valence-corrected chi connectivity index (χ0v) is 15.3. The molecule has 1 atom stereocenters. The Kier molecular flexibility index (Phi) is 7.53. The number of hydrogen-bond acceptors (Lipinski definition) is 4. The lowest BCUT2D eigenvalue weighted by Gasteiger charge is -2.33. The second-order valence-electron chi connectivity index (χ2n) is 6.80. The van der Waals surface area contributed by atoms with E-state index in [1.807, 2.05) is 24.3 Å². The van der Waals surface area contributed by atoms with Gasteiger partial charge in [-0.05, 0) is 37.6 Å². The Hall–Kier alpha value is -1.59. The van der Waals surface area contributed by atoms with E-state index in [4.69, 9.17) is 4.74 Å². The summed E-state index contributed by atoms with van der Waals surface area (Å²) in [6.07, 6.45) is 0.959. The van der Waals surface area contributed by atoms with Crippen molar-refractivity contribution in [1.82, 2.24) is 15.1 Å². The first-order valence-corrected chi connectivity index (χ1v) is 9.00. The molecule has 1 aromatic carbocycles. The predicted molar refractivity (Wildman–Crippen MR) is 97.7 cm³/mol. The molecule has 1 heterocycles. The molecule has 134 valence electrons. The lowest BCUT2D eigenvalue weighted by molar-refractivity contribution is 0.0937. The largest absolute Gasteiger partial charge is 0.494 e. The molecule has 5 nitrogen and oxygen atoms in total. The number of rotatable bonds is 8. The lowest BCUT2D eigenvalue weighted by atomic mass is 10.1. The first kappa shape index (κ1) is 18.7. The smallest absolute Gasteiger partial charge is 0.251 e. The van der Waals surface area contributed by atoms with Gasteiger partial charge >= 0.3 is 0 Å². The summed E-state index contributed by atoms with van der Waals surface area (Å²) < 4.78 is 5.59. The van der Waals surface area contributed by atoms with E-state index in [0.29, 0.717) is 24.6 Å². The van der Waals surface area contributed by atoms with E-state index in [1.165, 1.54) is 0 Å². The van der Waals surface area contributed by atoms with E-state index in [-0.39, 0.29) is 5.91 Å². The second kappa shape index (κ2) is 9.64. The molecule has 0 aromatic heterocycles. The number of carbonyl (C=O) groups excluding carboxylic acids is 1. The second-order valence-corrected chi connectivity index (χ2v) is 6.80. The predicted octanol–water partition coefficient (Wildman–Crippen LogP) is 2.09. The van der Waals surface area contributed by atoms with Gasteiger partial charge in [0.25, 0.3) is 5.91 Å². The van der Waals surface area contributed by atoms with Gasteiger partial charge in [-0.25, -0.2) is 0 Å². The summed E-state index contributed by atoms with van der Waals surface area (Å²) in [5, 5.41) is 3.05. The van der Waals surface area contributed by atoms with Crippen molar-refractivity contribution < 1.29 is 9.53 Å². The molecular formula is C19H31N3O2. The van der Waals surface area contributed by atoms with Crippen LogP contribution in [-0.4, -0.2) is 68.6 Å². The Morgan fingerprint density at radius 2 is 2.04 bits per heavy atom. The van der Waals surface area contributed by atoms with Crippen molar-refractivity contribution in [3.63, 3.8) is 0 Å². The van der Waals surface area contributed by atoms with Crippen LogP contribution in [0.15, 0.2) is 24.3 Å². The van der Waals surface area contributed by atoms with Crippen LogP contribution in [0.3, 0.4) is 0 Å². The monoisotopic (exact) mass is 333 g/mol. The van der Waals surface area contributed by atoms with Crippen molar-refractivity contribution >= 4 is 5.91 Å². The fourth-order valence-electron chi connectivity index (χ4n) is 2.85. The molecule has 1 aliphatic heterocycles. The molecule has 0 radical (unpaired) electrons. The summed E-state index contributed by atoms with van der Waals surface area (Å²) in [4.78, 5) is 17.2. The van der Waals surface area contributed by atoms with Gasteiger partial charge in [-0.3, -0.25) is 4.79 Å². The van der Waals surface area contributed by atoms with E-state index in [9.17, 15) is 4.79 Å². The van der Waals surface area contributed by atoms with Gasteiger partial charge in [0.2, 0.25) is 0 Å². The minimum absolute atomic E-state index is 0.0258. The summed E-state index contributed by atoms with van der Waals surface area (Å²) in [5.74, 6) is 1.18. The number of nitrogens with zero attached hydrogens (tertiary/aromatic N) is 2. The van der Waals surface area contributed by atoms with E-state index in [0.717, 1.165) is 44.9 Å². The number of benzene rings is 1. The molecule has 1 saturated heterocycles. The number of hydrogen-bond donors (Lipinski definition) is 1. The van der Waals surface area contributed by atoms with Crippen LogP contribution in [0.2, 0.25) is 0 Å². The molecule has 0 saturated carbocycles. The highest BCUT2D eigenvalue weighted by atomic mass is 16.5. The highest BCUT2D eigenvalue weighted by Crippen LogP contribution is 2.13. The Morgan fingerprint density at radius 3 is 2.75 bits per heavy atom. The highest BCUT2D eigenvalue weighted by Gasteiger charge is 2.16. The first-order chi connectivity index (χ1) is 11.6. The van der Waals surface area contributed by atoms with Gasteiger partial charge < -0.3 is 19.9 Å². The molecule has 1 N–H and O–H groups in total. The molecule has 0 aliphatic carbocycles. The van der Waals surface area contributed by atoms with Crippen molar-refractivity contribution in [2.45, 2.75) is 20.3 Å². The maximum Gasteiger partial charge on any atom is 0.251 e. The lowest BCUT2D eigenvalue weighted by Crippen LogP contribution is -2.46. The van der Waals surface area contributed by atoms with Crippen LogP contribution in [0, 0.1) is 5.92 Å². The minimum Gasteiger partial charge on any atom is -0.494 e. The SMILES string of the molecule is CCCOc1cccc(C(=O)NCC(C)CN2CCN(C)CC2)c1. The zero-order chi connectivity index (χ0) is 17.4. The Balaban J connectivity index is 1.75. The minimum atomic E-state index is -0.0258. The quantitative estimate of drug-likeness (QED) is 0.791. The average Bonchev–Trinajstić information content (AvgIpc) is 2.60.